The summed E-state index contributed by atoms with van der Waals surface area (Å²) in [5.74, 6) is 0.910. The molecule has 0 aromatic rings. The van der Waals surface area contributed by atoms with Gasteiger partial charge in [0.2, 0.25) is 0 Å². The number of alkyl halides is 1. The number of hydrogen-bond acceptors (Lipinski definition) is 0. The summed E-state index contributed by atoms with van der Waals surface area (Å²) in [7, 11) is 0. The van der Waals surface area contributed by atoms with Crippen molar-refractivity contribution in [3.05, 3.63) is 0 Å². The Hall–Kier alpha value is 0.290. The zero-order valence-electron chi connectivity index (χ0n) is 6.28. The van der Waals surface area contributed by atoms with Crippen LogP contribution in [0.3, 0.4) is 0 Å². The highest BCUT2D eigenvalue weighted by atomic mass is 35.5. The molecule has 1 aliphatic rings. The van der Waals surface area contributed by atoms with Gasteiger partial charge in [-0.3, -0.25) is 0 Å². The molecule has 0 saturated heterocycles. The van der Waals surface area contributed by atoms with E-state index in [-0.39, 0.29) is 4.87 Å². The first-order valence-corrected chi connectivity index (χ1v) is 4.21. The van der Waals surface area contributed by atoms with Crippen molar-refractivity contribution in [2.75, 3.05) is 0 Å². The molecule has 1 saturated carbocycles. The van der Waals surface area contributed by atoms with E-state index in [1.54, 1.807) is 0 Å². The Kier molecular flexibility index (Phi) is 2.05. The van der Waals surface area contributed by atoms with Gasteiger partial charge in [0.1, 0.15) is 0 Å². The van der Waals surface area contributed by atoms with E-state index in [9.17, 15) is 0 Å². The Morgan fingerprint density at radius 1 is 1.67 bits per heavy atom. The zero-order valence-corrected chi connectivity index (χ0v) is 7.04. The van der Waals surface area contributed by atoms with E-state index < -0.39 is 0 Å². The lowest BCUT2D eigenvalue weighted by Crippen LogP contribution is -2.09. The topological polar surface area (TPSA) is 0 Å². The summed E-state index contributed by atoms with van der Waals surface area (Å²) in [5, 5.41) is 0. The summed E-state index contributed by atoms with van der Waals surface area (Å²) in [6.07, 6.45) is 5.09. The van der Waals surface area contributed by atoms with E-state index in [1.807, 2.05) is 0 Å². The predicted molar refractivity (Wildman–Crippen MR) is 41.9 cm³/mol. The Morgan fingerprint density at radius 2 is 2.33 bits per heavy atom. The number of rotatable bonds is 1. The van der Waals surface area contributed by atoms with Crippen molar-refractivity contribution in [1.29, 1.82) is 0 Å². The minimum absolute atomic E-state index is 0.140. The molecule has 9 heavy (non-hydrogen) atoms. The summed E-state index contributed by atoms with van der Waals surface area (Å²) in [6, 6.07) is 0. The summed E-state index contributed by atoms with van der Waals surface area (Å²) >= 11 is 6.14. The van der Waals surface area contributed by atoms with Crippen LogP contribution in [0, 0.1) is 5.92 Å². The van der Waals surface area contributed by atoms with Gasteiger partial charge in [-0.15, -0.1) is 11.6 Å². The second kappa shape index (κ2) is 2.49. The third-order valence-electron chi connectivity index (χ3n) is 2.37. The molecule has 0 bridgehead atoms. The van der Waals surface area contributed by atoms with Gasteiger partial charge in [0.05, 0.1) is 0 Å². The Balaban J connectivity index is 2.38. The molecule has 0 aromatic heterocycles. The SMILES string of the molecule is CCC1CCC(C)(Cl)C1. The van der Waals surface area contributed by atoms with Crippen LogP contribution < -0.4 is 0 Å². The smallest absolute Gasteiger partial charge is 0.0421 e. The molecule has 0 nitrogen and oxygen atoms in total. The van der Waals surface area contributed by atoms with Gasteiger partial charge in [-0.05, 0) is 32.1 Å². The van der Waals surface area contributed by atoms with Crippen molar-refractivity contribution < 1.29 is 0 Å². The predicted octanol–water partition coefficient (Wildman–Crippen LogP) is 3.19. The van der Waals surface area contributed by atoms with E-state index in [2.05, 4.69) is 13.8 Å². The van der Waals surface area contributed by atoms with Crippen LogP contribution in [0.15, 0.2) is 0 Å². The average Bonchev–Trinajstić information content (AvgIpc) is 2.10. The summed E-state index contributed by atoms with van der Waals surface area (Å²) in [6.45, 7) is 4.41. The number of halogens is 1. The molecule has 0 radical (unpaired) electrons. The first-order chi connectivity index (χ1) is 4.14. The van der Waals surface area contributed by atoms with Crippen molar-refractivity contribution in [2.45, 2.75) is 44.4 Å². The van der Waals surface area contributed by atoms with E-state index in [4.69, 9.17) is 11.6 Å². The van der Waals surface area contributed by atoms with Crippen molar-refractivity contribution in [1.82, 2.24) is 0 Å². The van der Waals surface area contributed by atoms with E-state index in [0.717, 1.165) is 5.92 Å². The standard InChI is InChI=1S/C8H15Cl/c1-3-7-4-5-8(2,9)6-7/h7H,3-6H2,1-2H3. The van der Waals surface area contributed by atoms with Gasteiger partial charge in [0.25, 0.3) is 0 Å². The van der Waals surface area contributed by atoms with Crippen molar-refractivity contribution in [2.24, 2.45) is 5.92 Å². The Labute approximate surface area is 62.6 Å². The molecular weight excluding hydrogens is 132 g/mol. The van der Waals surface area contributed by atoms with Gasteiger partial charge in [0.15, 0.2) is 0 Å². The molecular formula is C8H15Cl. The lowest BCUT2D eigenvalue weighted by Gasteiger charge is -2.12. The van der Waals surface area contributed by atoms with E-state index in [1.165, 1.54) is 25.7 Å². The fourth-order valence-corrected chi connectivity index (χ4v) is 1.99. The molecule has 1 aliphatic carbocycles. The largest absolute Gasteiger partial charge is 0.120 e. The van der Waals surface area contributed by atoms with Crippen molar-refractivity contribution in [3.8, 4) is 0 Å². The summed E-state index contributed by atoms with van der Waals surface area (Å²) in [4.78, 5) is 0.140. The van der Waals surface area contributed by atoms with E-state index in [0.29, 0.717) is 0 Å². The first kappa shape index (κ1) is 7.40. The maximum absolute atomic E-state index is 6.14. The molecule has 1 fully saturated rings. The fraction of sp³-hybridized carbons (Fsp3) is 1.00. The molecule has 54 valence electrons. The minimum Gasteiger partial charge on any atom is -0.120 e. The zero-order chi connectivity index (χ0) is 6.91. The van der Waals surface area contributed by atoms with Gasteiger partial charge in [-0.25, -0.2) is 0 Å². The average molecular weight is 147 g/mol. The van der Waals surface area contributed by atoms with Gasteiger partial charge < -0.3 is 0 Å². The third-order valence-corrected chi connectivity index (χ3v) is 2.71. The summed E-state index contributed by atoms with van der Waals surface area (Å²) in [5.41, 5.74) is 0. The fourth-order valence-electron chi connectivity index (χ4n) is 1.66. The lowest BCUT2D eigenvalue weighted by atomic mass is 10.0. The Morgan fingerprint density at radius 3 is 2.56 bits per heavy atom. The molecule has 0 amide bonds. The monoisotopic (exact) mass is 146 g/mol. The minimum atomic E-state index is 0.140. The highest BCUT2D eigenvalue weighted by Crippen LogP contribution is 2.40. The molecule has 0 spiro atoms. The maximum atomic E-state index is 6.14. The number of hydrogen-bond donors (Lipinski definition) is 0. The van der Waals surface area contributed by atoms with Crippen LogP contribution in [0.1, 0.15) is 39.5 Å². The molecule has 2 atom stereocenters. The molecule has 0 aliphatic heterocycles. The third kappa shape index (κ3) is 1.86. The van der Waals surface area contributed by atoms with Crippen LogP contribution in [-0.2, 0) is 0 Å². The molecule has 1 rings (SSSR count). The van der Waals surface area contributed by atoms with E-state index >= 15 is 0 Å². The second-order valence-electron chi connectivity index (χ2n) is 3.43. The van der Waals surface area contributed by atoms with Gasteiger partial charge >= 0.3 is 0 Å². The quantitative estimate of drug-likeness (QED) is 0.499. The molecule has 0 heterocycles. The normalized spacial score (nSPS) is 43.7. The van der Waals surface area contributed by atoms with Crippen molar-refractivity contribution in [3.63, 3.8) is 0 Å². The maximum Gasteiger partial charge on any atom is 0.0421 e. The van der Waals surface area contributed by atoms with Gasteiger partial charge in [-0.2, -0.15) is 0 Å². The molecule has 0 N–H and O–H groups in total. The van der Waals surface area contributed by atoms with Crippen LogP contribution >= 0.6 is 11.6 Å². The first-order valence-electron chi connectivity index (χ1n) is 3.83. The van der Waals surface area contributed by atoms with Crippen LogP contribution in [0.2, 0.25) is 0 Å². The van der Waals surface area contributed by atoms with Crippen LogP contribution in [-0.4, -0.2) is 4.87 Å². The highest BCUT2D eigenvalue weighted by Gasteiger charge is 2.31. The van der Waals surface area contributed by atoms with Crippen LogP contribution in [0.4, 0.5) is 0 Å². The summed E-state index contributed by atoms with van der Waals surface area (Å²) < 4.78 is 0. The Bertz CT molecular complexity index is 96.7. The molecule has 2 unspecified atom stereocenters. The van der Waals surface area contributed by atoms with Crippen LogP contribution in [0.5, 0.6) is 0 Å². The van der Waals surface area contributed by atoms with Gasteiger partial charge in [0, 0.05) is 4.87 Å². The second-order valence-corrected chi connectivity index (χ2v) is 4.34. The van der Waals surface area contributed by atoms with Crippen LogP contribution in [0.25, 0.3) is 0 Å². The lowest BCUT2D eigenvalue weighted by molar-refractivity contribution is 0.513. The molecule has 0 aromatic carbocycles. The molecule has 1 heteroatoms. The van der Waals surface area contributed by atoms with Crippen molar-refractivity contribution >= 4 is 11.6 Å². The highest BCUT2D eigenvalue weighted by molar-refractivity contribution is 6.23. The van der Waals surface area contributed by atoms with Gasteiger partial charge in [-0.1, -0.05) is 13.3 Å².